The van der Waals surface area contributed by atoms with Crippen LogP contribution < -0.4 is 4.90 Å². The van der Waals surface area contributed by atoms with E-state index in [4.69, 9.17) is 9.97 Å². The number of aromatic amines is 1. The Morgan fingerprint density at radius 2 is 1.95 bits per heavy atom. The van der Waals surface area contributed by atoms with Crippen molar-refractivity contribution in [1.29, 1.82) is 0 Å². The van der Waals surface area contributed by atoms with E-state index in [0.717, 1.165) is 36.8 Å². The standard InChI is InChI=1S/C16H23N5/c1-10(2)14-7-15(19-16(18-14)11(3)4)21-6-5-13-12(9-21)8-17-20-13/h7-8,10-11H,5-6,9H2,1-4H3,(H,17,20). The van der Waals surface area contributed by atoms with E-state index in [9.17, 15) is 0 Å². The Kier molecular flexibility index (Phi) is 3.66. The van der Waals surface area contributed by atoms with E-state index in [1.165, 1.54) is 11.3 Å². The summed E-state index contributed by atoms with van der Waals surface area (Å²) in [4.78, 5) is 11.8. The van der Waals surface area contributed by atoms with E-state index in [2.05, 4.69) is 48.9 Å². The maximum absolute atomic E-state index is 4.78. The van der Waals surface area contributed by atoms with Crippen LogP contribution in [-0.4, -0.2) is 26.7 Å². The van der Waals surface area contributed by atoms with Crippen molar-refractivity contribution >= 4 is 5.82 Å². The number of aromatic nitrogens is 4. The predicted molar refractivity (Wildman–Crippen MR) is 83.6 cm³/mol. The fraction of sp³-hybridized carbons (Fsp3) is 0.562. The Morgan fingerprint density at radius 3 is 2.67 bits per heavy atom. The van der Waals surface area contributed by atoms with Crippen molar-refractivity contribution in [2.45, 2.75) is 52.5 Å². The minimum absolute atomic E-state index is 0.344. The quantitative estimate of drug-likeness (QED) is 0.942. The van der Waals surface area contributed by atoms with Gasteiger partial charge in [0.15, 0.2) is 0 Å². The summed E-state index contributed by atoms with van der Waals surface area (Å²) >= 11 is 0. The molecule has 1 aliphatic heterocycles. The van der Waals surface area contributed by atoms with Gasteiger partial charge in [-0.15, -0.1) is 0 Å². The third-order valence-corrected chi connectivity index (χ3v) is 3.98. The Labute approximate surface area is 125 Å². The molecule has 3 rings (SSSR count). The summed E-state index contributed by atoms with van der Waals surface area (Å²) in [6, 6.07) is 2.14. The molecule has 5 heteroatoms. The van der Waals surface area contributed by atoms with Crippen molar-refractivity contribution in [2.24, 2.45) is 0 Å². The van der Waals surface area contributed by atoms with E-state index < -0.39 is 0 Å². The van der Waals surface area contributed by atoms with Crippen LogP contribution in [0.3, 0.4) is 0 Å². The van der Waals surface area contributed by atoms with E-state index >= 15 is 0 Å². The minimum Gasteiger partial charge on any atom is -0.352 e. The van der Waals surface area contributed by atoms with Gasteiger partial charge in [-0.3, -0.25) is 5.10 Å². The van der Waals surface area contributed by atoms with Gasteiger partial charge in [-0.2, -0.15) is 5.10 Å². The third-order valence-electron chi connectivity index (χ3n) is 3.98. The Hall–Kier alpha value is -1.91. The molecule has 0 bridgehead atoms. The van der Waals surface area contributed by atoms with E-state index in [1.807, 2.05) is 6.20 Å². The lowest BCUT2D eigenvalue weighted by molar-refractivity contribution is 0.682. The molecule has 0 aromatic carbocycles. The Morgan fingerprint density at radius 1 is 1.14 bits per heavy atom. The van der Waals surface area contributed by atoms with Gasteiger partial charge in [-0.05, 0) is 5.92 Å². The first kappa shape index (κ1) is 14.0. The first-order chi connectivity index (χ1) is 10.0. The molecule has 112 valence electrons. The molecule has 2 aromatic heterocycles. The zero-order valence-electron chi connectivity index (χ0n) is 13.2. The van der Waals surface area contributed by atoms with Gasteiger partial charge in [0.25, 0.3) is 0 Å². The summed E-state index contributed by atoms with van der Waals surface area (Å²) in [6.07, 6.45) is 2.92. The van der Waals surface area contributed by atoms with Gasteiger partial charge in [-0.1, -0.05) is 27.7 Å². The van der Waals surface area contributed by atoms with Crippen molar-refractivity contribution in [1.82, 2.24) is 20.2 Å². The second-order valence-electron chi connectivity index (χ2n) is 6.36. The van der Waals surface area contributed by atoms with Gasteiger partial charge >= 0.3 is 0 Å². The highest BCUT2D eigenvalue weighted by Crippen LogP contribution is 2.25. The van der Waals surface area contributed by atoms with Crippen molar-refractivity contribution in [2.75, 3.05) is 11.4 Å². The smallest absolute Gasteiger partial charge is 0.133 e. The minimum atomic E-state index is 0.344. The second-order valence-corrected chi connectivity index (χ2v) is 6.36. The molecule has 0 fully saturated rings. The summed E-state index contributed by atoms with van der Waals surface area (Å²) in [5, 5.41) is 7.22. The van der Waals surface area contributed by atoms with Crippen LogP contribution in [0.2, 0.25) is 0 Å². The monoisotopic (exact) mass is 285 g/mol. The van der Waals surface area contributed by atoms with Crippen molar-refractivity contribution in [3.8, 4) is 0 Å². The van der Waals surface area contributed by atoms with Gasteiger partial charge in [0, 0.05) is 48.4 Å². The lowest BCUT2D eigenvalue weighted by Crippen LogP contribution is -2.31. The van der Waals surface area contributed by atoms with Gasteiger partial charge in [0.1, 0.15) is 11.6 Å². The van der Waals surface area contributed by atoms with E-state index in [0.29, 0.717) is 11.8 Å². The average molecular weight is 285 g/mol. The van der Waals surface area contributed by atoms with Crippen LogP contribution in [0.1, 0.15) is 62.3 Å². The van der Waals surface area contributed by atoms with Crippen LogP contribution >= 0.6 is 0 Å². The molecule has 2 aromatic rings. The second kappa shape index (κ2) is 5.47. The SMILES string of the molecule is CC(C)c1cc(N2CCc3[nH]ncc3C2)nc(C(C)C)n1. The third kappa shape index (κ3) is 2.77. The lowest BCUT2D eigenvalue weighted by atomic mass is 10.1. The maximum atomic E-state index is 4.78. The predicted octanol–water partition coefficient (Wildman–Crippen LogP) is 3.01. The highest BCUT2D eigenvalue weighted by Gasteiger charge is 2.21. The fourth-order valence-electron chi connectivity index (χ4n) is 2.60. The Bertz CT molecular complexity index is 603. The van der Waals surface area contributed by atoms with Crippen LogP contribution in [0.15, 0.2) is 12.3 Å². The molecular weight excluding hydrogens is 262 g/mol. The highest BCUT2D eigenvalue weighted by atomic mass is 15.2. The van der Waals surface area contributed by atoms with Crippen LogP contribution in [0.4, 0.5) is 5.82 Å². The van der Waals surface area contributed by atoms with Crippen molar-refractivity contribution in [3.05, 3.63) is 35.0 Å². The summed E-state index contributed by atoms with van der Waals surface area (Å²) < 4.78 is 0. The van der Waals surface area contributed by atoms with Crippen LogP contribution in [0, 0.1) is 0 Å². The topological polar surface area (TPSA) is 57.7 Å². The number of rotatable bonds is 3. The Balaban J connectivity index is 1.95. The molecule has 3 heterocycles. The summed E-state index contributed by atoms with van der Waals surface area (Å²) in [6.45, 7) is 10.5. The molecule has 5 nitrogen and oxygen atoms in total. The van der Waals surface area contributed by atoms with Gasteiger partial charge in [0.05, 0.1) is 6.20 Å². The van der Waals surface area contributed by atoms with Crippen molar-refractivity contribution in [3.63, 3.8) is 0 Å². The molecule has 0 amide bonds. The molecule has 1 aliphatic rings. The van der Waals surface area contributed by atoms with Crippen LogP contribution in [0.5, 0.6) is 0 Å². The van der Waals surface area contributed by atoms with Gasteiger partial charge in [-0.25, -0.2) is 9.97 Å². The highest BCUT2D eigenvalue weighted by molar-refractivity contribution is 5.44. The van der Waals surface area contributed by atoms with Crippen LogP contribution in [0.25, 0.3) is 0 Å². The number of hydrogen-bond acceptors (Lipinski definition) is 4. The number of anilines is 1. The molecule has 0 aliphatic carbocycles. The summed E-state index contributed by atoms with van der Waals surface area (Å²) in [7, 11) is 0. The molecule has 0 atom stereocenters. The number of nitrogens with zero attached hydrogens (tertiary/aromatic N) is 4. The zero-order valence-corrected chi connectivity index (χ0v) is 13.2. The number of fused-ring (bicyclic) bond motifs is 1. The summed E-state index contributed by atoms with van der Waals surface area (Å²) in [5.41, 5.74) is 3.66. The van der Waals surface area contributed by atoms with Gasteiger partial charge in [0.2, 0.25) is 0 Å². The first-order valence-electron chi connectivity index (χ1n) is 7.69. The van der Waals surface area contributed by atoms with E-state index in [-0.39, 0.29) is 0 Å². The molecule has 0 radical (unpaired) electrons. The van der Waals surface area contributed by atoms with E-state index in [1.54, 1.807) is 0 Å². The van der Waals surface area contributed by atoms with Crippen molar-refractivity contribution < 1.29 is 0 Å². The molecule has 1 N–H and O–H groups in total. The largest absolute Gasteiger partial charge is 0.352 e. The molecule has 0 spiro atoms. The summed E-state index contributed by atoms with van der Waals surface area (Å²) in [5.74, 6) is 2.74. The zero-order chi connectivity index (χ0) is 15.0. The molecule has 0 saturated carbocycles. The molecule has 21 heavy (non-hydrogen) atoms. The first-order valence-corrected chi connectivity index (χ1v) is 7.69. The lowest BCUT2D eigenvalue weighted by Gasteiger charge is -2.28. The number of H-pyrrole nitrogens is 1. The molecule has 0 unspecified atom stereocenters. The molecular formula is C16H23N5. The normalized spacial score (nSPS) is 14.9. The van der Waals surface area contributed by atoms with Crippen LogP contribution in [-0.2, 0) is 13.0 Å². The van der Waals surface area contributed by atoms with Gasteiger partial charge < -0.3 is 4.90 Å². The maximum Gasteiger partial charge on any atom is 0.133 e. The average Bonchev–Trinajstić information content (AvgIpc) is 2.94. The number of nitrogens with one attached hydrogen (secondary N) is 1. The molecule has 0 saturated heterocycles. The number of hydrogen-bond donors (Lipinski definition) is 1. The fourth-order valence-corrected chi connectivity index (χ4v) is 2.60.